The van der Waals surface area contributed by atoms with Crippen molar-refractivity contribution in [1.29, 1.82) is 10.5 Å². The maximum atomic E-state index is 9.77. The summed E-state index contributed by atoms with van der Waals surface area (Å²) in [5, 5.41) is 23.9. The molecule has 4 aromatic heterocycles. The fourth-order valence-corrected chi connectivity index (χ4v) is 7.03. The number of nitrogens with zero attached hydrogens (tertiary/aromatic N) is 8. The molecule has 0 N–H and O–H groups in total. The highest BCUT2D eigenvalue weighted by Crippen LogP contribution is 2.44. The number of nitriles is 2. The summed E-state index contributed by atoms with van der Waals surface area (Å²) < 4.78 is 1.81. The Morgan fingerprint density at radius 2 is 1.88 bits per heavy atom. The summed E-state index contributed by atoms with van der Waals surface area (Å²) in [5.74, 6) is 0.980. The molecule has 4 fully saturated rings. The Bertz CT molecular complexity index is 1710. The van der Waals surface area contributed by atoms with E-state index >= 15 is 0 Å². The fraction of sp³-hybridized carbons (Fsp3) is 0.424. The molecule has 7 heterocycles. The molecule has 2 radical (unpaired) electrons. The van der Waals surface area contributed by atoms with Crippen LogP contribution in [0.2, 0.25) is 0 Å². The molecule has 1 aliphatic carbocycles. The molecular formula is C33H33BN8. The van der Waals surface area contributed by atoms with Crippen LogP contribution in [0.25, 0.3) is 16.6 Å². The third-order valence-electron chi connectivity index (χ3n) is 9.72. The summed E-state index contributed by atoms with van der Waals surface area (Å²) in [5.41, 5.74) is 7.13. The van der Waals surface area contributed by atoms with Crippen molar-refractivity contribution in [3.05, 3.63) is 71.4 Å². The molecule has 2 bridgehead atoms. The van der Waals surface area contributed by atoms with E-state index in [0.717, 1.165) is 97.3 Å². The summed E-state index contributed by atoms with van der Waals surface area (Å²) in [6.07, 6.45) is 14.3. The average molecular weight is 552 g/mol. The number of rotatable bonds is 8. The molecule has 0 amide bonds. The van der Waals surface area contributed by atoms with Crippen LogP contribution in [-0.4, -0.2) is 57.5 Å². The normalized spacial score (nSPS) is 20.9. The lowest BCUT2D eigenvalue weighted by molar-refractivity contribution is -0.00874. The summed E-state index contributed by atoms with van der Waals surface area (Å²) >= 11 is 0. The van der Waals surface area contributed by atoms with Gasteiger partial charge in [-0.2, -0.15) is 15.6 Å². The number of fused-ring (bicyclic) bond motifs is 3. The second-order valence-corrected chi connectivity index (χ2v) is 12.2. The van der Waals surface area contributed by atoms with E-state index in [-0.39, 0.29) is 5.41 Å². The van der Waals surface area contributed by atoms with Crippen molar-refractivity contribution >= 4 is 24.6 Å². The molecule has 2 atom stereocenters. The summed E-state index contributed by atoms with van der Waals surface area (Å²) in [4.78, 5) is 14.4. The van der Waals surface area contributed by atoms with Crippen LogP contribution >= 0.6 is 0 Å². The number of hydrogen-bond acceptors (Lipinski definition) is 7. The summed E-state index contributed by atoms with van der Waals surface area (Å²) in [6, 6.07) is 14.3. The maximum absolute atomic E-state index is 9.77. The number of pyridine rings is 3. The lowest BCUT2D eigenvalue weighted by Crippen LogP contribution is -2.68. The van der Waals surface area contributed by atoms with E-state index in [4.69, 9.17) is 12.8 Å². The highest BCUT2D eigenvalue weighted by Gasteiger charge is 2.44. The number of anilines is 1. The van der Waals surface area contributed by atoms with Gasteiger partial charge >= 0.3 is 0 Å². The summed E-state index contributed by atoms with van der Waals surface area (Å²) in [7, 11) is 6.20. The topological polar surface area (TPSA) is 97.1 Å². The minimum atomic E-state index is -0.186. The van der Waals surface area contributed by atoms with Gasteiger partial charge in [0.05, 0.1) is 28.8 Å². The Kier molecular flexibility index (Phi) is 6.71. The van der Waals surface area contributed by atoms with Gasteiger partial charge in [-0.05, 0) is 67.9 Å². The second-order valence-electron chi connectivity index (χ2n) is 12.2. The Morgan fingerprint density at radius 3 is 2.52 bits per heavy atom. The number of piperazine rings is 1. The van der Waals surface area contributed by atoms with Gasteiger partial charge < -0.3 is 4.90 Å². The highest BCUT2D eigenvalue weighted by molar-refractivity contribution is 6.33. The van der Waals surface area contributed by atoms with Crippen LogP contribution in [0.3, 0.4) is 0 Å². The van der Waals surface area contributed by atoms with Crippen molar-refractivity contribution in [3.63, 3.8) is 0 Å². The smallest absolute Gasteiger partial charge is 0.128 e. The quantitative estimate of drug-likeness (QED) is 0.304. The van der Waals surface area contributed by atoms with E-state index in [2.05, 4.69) is 63.2 Å². The van der Waals surface area contributed by atoms with Gasteiger partial charge in [-0.15, -0.1) is 0 Å². The van der Waals surface area contributed by atoms with Gasteiger partial charge in [0.2, 0.25) is 0 Å². The lowest BCUT2D eigenvalue weighted by Gasteiger charge is -2.56. The first-order chi connectivity index (χ1) is 20.5. The largest absolute Gasteiger partial charge is 0.353 e. The van der Waals surface area contributed by atoms with Crippen LogP contribution in [0.5, 0.6) is 0 Å². The van der Waals surface area contributed by atoms with Crippen molar-refractivity contribution in [2.75, 3.05) is 18.0 Å². The van der Waals surface area contributed by atoms with Gasteiger partial charge in [0.1, 0.15) is 19.7 Å². The fourth-order valence-electron chi connectivity index (χ4n) is 7.03. The predicted octanol–water partition coefficient (Wildman–Crippen LogP) is 4.11. The van der Waals surface area contributed by atoms with E-state index in [1.54, 1.807) is 6.20 Å². The van der Waals surface area contributed by atoms with Crippen LogP contribution in [0.4, 0.5) is 5.82 Å². The minimum absolute atomic E-state index is 0.186. The van der Waals surface area contributed by atoms with E-state index in [9.17, 15) is 10.5 Å². The first-order valence-corrected chi connectivity index (χ1v) is 15.0. The first-order valence-electron chi connectivity index (χ1n) is 15.0. The molecule has 3 saturated heterocycles. The molecular weight excluding hydrogens is 519 g/mol. The minimum Gasteiger partial charge on any atom is -0.353 e. The molecule has 8 rings (SSSR count). The van der Waals surface area contributed by atoms with Gasteiger partial charge in [0, 0.05) is 67.1 Å². The predicted molar refractivity (Wildman–Crippen MR) is 162 cm³/mol. The van der Waals surface area contributed by atoms with Crippen LogP contribution in [0.1, 0.15) is 61.4 Å². The molecule has 2 unspecified atom stereocenters. The number of aromatic nitrogens is 4. The number of piperidine rings is 1. The Hall–Kier alpha value is -4.21. The van der Waals surface area contributed by atoms with Gasteiger partial charge in [-0.25, -0.2) is 9.50 Å². The van der Waals surface area contributed by atoms with Gasteiger partial charge in [0.15, 0.2) is 0 Å². The lowest BCUT2D eigenvalue weighted by atomic mass is 9.67. The Morgan fingerprint density at radius 1 is 1.05 bits per heavy atom. The SMILES string of the molecule is [B]c1cc(CN2C3CC2CN(c2ccc(-c4cc(CCC5(C#N)CCC5)cn5ncc(C#N)c45)cn2)C3)cnc1CC. The number of aryl methyl sites for hydroxylation is 2. The zero-order valence-electron chi connectivity index (χ0n) is 24.0. The van der Waals surface area contributed by atoms with Crippen LogP contribution in [-0.2, 0) is 19.4 Å². The second kappa shape index (κ2) is 10.6. The molecule has 9 heteroatoms. The third kappa shape index (κ3) is 4.63. The van der Waals surface area contributed by atoms with Crippen molar-refractivity contribution < 1.29 is 0 Å². The zero-order valence-corrected chi connectivity index (χ0v) is 24.0. The third-order valence-corrected chi connectivity index (χ3v) is 9.72. The molecule has 0 spiro atoms. The molecule has 3 aliphatic heterocycles. The van der Waals surface area contributed by atoms with Gasteiger partial charge in [0.25, 0.3) is 0 Å². The first kappa shape index (κ1) is 26.7. The van der Waals surface area contributed by atoms with Crippen molar-refractivity contribution in [1.82, 2.24) is 24.5 Å². The van der Waals surface area contributed by atoms with Crippen molar-refractivity contribution in [2.24, 2.45) is 5.41 Å². The molecule has 1 saturated carbocycles. The van der Waals surface area contributed by atoms with Crippen LogP contribution in [0, 0.1) is 28.1 Å². The average Bonchev–Trinajstić information content (AvgIpc) is 3.42. The van der Waals surface area contributed by atoms with E-state index in [1.807, 2.05) is 23.1 Å². The van der Waals surface area contributed by atoms with Crippen molar-refractivity contribution in [3.8, 4) is 23.3 Å². The molecule has 4 aromatic rings. The van der Waals surface area contributed by atoms with E-state index in [1.165, 1.54) is 12.0 Å². The van der Waals surface area contributed by atoms with Gasteiger partial charge in [-0.1, -0.05) is 24.9 Å². The standard InChI is InChI=1S/C33H33BN8/c1-2-30-29(34)11-23(14-37-30)17-41-26-12-27(41)20-40(19-26)31-5-4-24(15-38-31)28-10-22(6-9-33(21-36)7-3-8-33)18-42-32(28)25(13-35)16-39-42/h4-5,10-11,14-16,18,26-27H,2-3,6-9,12,17,19-20H2,1H3. The molecule has 4 aliphatic rings. The van der Waals surface area contributed by atoms with Crippen LogP contribution < -0.4 is 10.4 Å². The maximum Gasteiger partial charge on any atom is 0.128 e. The molecule has 0 aromatic carbocycles. The summed E-state index contributed by atoms with van der Waals surface area (Å²) in [6.45, 7) is 4.85. The van der Waals surface area contributed by atoms with Crippen molar-refractivity contribution in [2.45, 2.75) is 70.5 Å². The molecule has 208 valence electrons. The van der Waals surface area contributed by atoms with Gasteiger partial charge in [-0.3, -0.25) is 9.88 Å². The highest BCUT2D eigenvalue weighted by atomic mass is 15.4. The molecule has 8 nitrogen and oxygen atoms in total. The zero-order chi connectivity index (χ0) is 28.8. The number of hydrogen-bond donors (Lipinski definition) is 0. The van der Waals surface area contributed by atoms with E-state index < -0.39 is 0 Å². The Balaban J connectivity index is 1.08. The van der Waals surface area contributed by atoms with Crippen LogP contribution in [0.15, 0.2) is 49.1 Å². The molecule has 42 heavy (non-hydrogen) atoms. The van der Waals surface area contributed by atoms with E-state index in [0.29, 0.717) is 17.6 Å². The monoisotopic (exact) mass is 552 g/mol. The Labute approximate surface area is 248 Å².